The number of hydrogen-bond acceptors (Lipinski definition) is 5. The number of para-hydroxylation sites is 1. The maximum absolute atomic E-state index is 12.1. The summed E-state index contributed by atoms with van der Waals surface area (Å²) in [6, 6.07) is 12.4. The van der Waals surface area contributed by atoms with Crippen molar-refractivity contribution in [3.05, 3.63) is 59.2 Å². The highest BCUT2D eigenvalue weighted by molar-refractivity contribution is 5.97. The lowest BCUT2D eigenvalue weighted by atomic mass is 10.1. The van der Waals surface area contributed by atoms with E-state index in [0.29, 0.717) is 17.0 Å². The van der Waals surface area contributed by atoms with Crippen LogP contribution >= 0.6 is 0 Å². The van der Waals surface area contributed by atoms with Crippen LogP contribution in [-0.2, 0) is 14.3 Å². The molecule has 0 aliphatic carbocycles. The van der Waals surface area contributed by atoms with E-state index in [1.54, 1.807) is 30.3 Å². The number of ether oxygens (including phenoxy) is 2. The summed E-state index contributed by atoms with van der Waals surface area (Å²) in [6.45, 7) is 3.56. The Balaban J connectivity index is 1.72. The number of hydrogen-bond donors (Lipinski definition) is 2. The average Bonchev–Trinajstić information content (AvgIpc) is 2.68. The van der Waals surface area contributed by atoms with Gasteiger partial charge in [-0.25, -0.2) is 0 Å². The molecule has 0 aliphatic rings. The zero-order chi connectivity index (χ0) is 20.5. The fourth-order valence-corrected chi connectivity index (χ4v) is 2.56. The van der Waals surface area contributed by atoms with E-state index in [-0.39, 0.29) is 25.5 Å². The van der Waals surface area contributed by atoms with E-state index >= 15 is 0 Å². The molecule has 2 rings (SSSR count). The number of anilines is 1. The Hall–Kier alpha value is -3.35. The van der Waals surface area contributed by atoms with Crippen molar-refractivity contribution in [2.75, 3.05) is 25.6 Å². The first-order chi connectivity index (χ1) is 13.4. The van der Waals surface area contributed by atoms with Gasteiger partial charge in [0, 0.05) is 12.2 Å². The second-order valence-corrected chi connectivity index (χ2v) is 6.23. The van der Waals surface area contributed by atoms with Gasteiger partial charge in [-0.05, 0) is 37.6 Å². The van der Waals surface area contributed by atoms with Crippen LogP contribution in [0, 0.1) is 13.8 Å². The molecule has 0 atom stereocenters. The SMILES string of the molecule is COc1ccccc1C(=O)NCCC(=O)OCC(=O)Nc1ccc(C)cc1C. The van der Waals surface area contributed by atoms with Gasteiger partial charge in [-0.2, -0.15) is 0 Å². The number of nitrogens with one attached hydrogen (secondary N) is 2. The van der Waals surface area contributed by atoms with E-state index < -0.39 is 11.9 Å². The summed E-state index contributed by atoms with van der Waals surface area (Å²) in [4.78, 5) is 35.8. The molecule has 0 fully saturated rings. The molecular formula is C21H24N2O5. The minimum Gasteiger partial charge on any atom is -0.496 e. The topological polar surface area (TPSA) is 93.7 Å². The molecule has 2 aromatic carbocycles. The maximum atomic E-state index is 12.1. The van der Waals surface area contributed by atoms with Crippen LogP contribution < -0.4 is 15.4 Å². The first kappa shape index (κ1) is 21.0. The van der Waals surface area contributed by atoms with Crippen LogP contribution in [0.1, 0.15) is 27.9 Å². The quantitative estimate of drug-likeness (QED) is 0.683. The molecule has 0 saturated heterocycles. The first-order valence-corrected chi connectivity index (χ1v) is 8.84. The summed E-state index contributed by atoms with van der Waals surface area (Å²) >= 11 is 0. The Morgan fingerprint density at radius 1 is 1.04 bits per heavy atom. The monoisotopic (exact) mass is 384 g/mol. The van der Waals surface area contributed by atoms with Gasteiger partial charge in [0.25, 0.3) is 11.8 Å². The van der Waals surface area contributed by atoms with Gasteiger partial charge in [-0.15, -0.1) is 0 Å². The van der Waals surface area contributed by atoms with Crippen LogP contribution in [0.4, 0.5) is 5.69 Å². The Labute approximate surface area is 164 Å². The van der Waals surface area contributed by atoms with Gasteiger partial charge in [0.2, 0.25) is 0 Å². The zero-order valence-corrected chi connectivity index (χ0v) is 16.2. The summed E-state index contributed by atoms with van der Waals surface area (Å²) in [7, 11) is 1.48. The molecule has 28 heavy (non-hydrogen) atoms. The number of methoxy groups -OCH3 is 1. The van der Waals surface area contributed by atoms with E-state index in [4.69, 9.17) is 9.47 Å². The van der Waals surface area contributed by atoms with Crippen molar-refractivity contribution in [2.45, 2.75) is 20.3 Å². The van der Waals surface area contributed by atoms with Gasteiger partial charge in [0.1, 0.15) is 5.75 Å². The van der Waals surface area contributed by atoms with Crippen LogP contribution in [0.25, 0.3) is 0 Å². The normalized spacial score (nSPS) is 10.1. The van der Waals surface area contributed by atoms with Crippen molar-refractivity contribution in [1.29, 1.82) is 0 Å². The minimum atomic E-state index is -0.573. The van der Waals surface area contributed by atoms with Gasteiger partial charge in [0.05, 0.1) is 19.1 Å². The maximum Gasteiger partial charge on any atom is 0.308 e. The molecule has 148 valence electrons. The lowest BCUT2D eigenvalue weighted by molar-refractivity contribution is -0.147. The molecule has 0 unspecified atom stereocenters. The van der Waals surface area contributed by atoms with Crippen LogP contribution in [0.15, 0.2) is 42.5 Å². The Morgan fingerprint density at radius 3 is 2.50 bits per heavy atom. The van der Waals surface area contributed by atoms with Crippen molar-refractivity contribution in [2.24, 2.45) is 0 Å². The predicted molar refractivity (Wildman–Crippen MR) is 105 cm³/mol. The van der Waals surface area contributed by atoms with E-state index in [9.17, 15) is 14.4 Å². The van der Waals surface area contributed by atoms with Gasteiger partial charge >= 0.3 is 5.97 Å². The van der Waals surface area contributed by atoms with Gasteiger partial charge in [-0.3, -0.25) is 14.4 Å². The molecular weight excluding hydrogens is 360 g/mol. The number of carbonyl (C=O) groups excluding carboxylic acids is 3. The number of rotatable bonds is 8. The number of aryl methyl sites for hydroxylation is 2. The van der Waals surface area contributed by atoms with Crippen molar-refractivity contribution < 1.29 is 23.9 Å². The van der Waals surface area contributed by atoms with Gasteiger partial charge in [-0.1, -0.05) is 29.8 Å². The summed E-state index contributed by atoms with van der Waals surface area (Å²) in [5.74, 6) is -0.891. The Morgan fingerprint density at radius 2 is 1.79 bits per heavy atom. The highest BCUT2D eigenvalue weighted by Gasteiger charge is 2.13. The fourth-order valence-electron chi connectivity index (χ4n) is 2.56. The molecule has 2 N–H and O–H groups in total. The van der Waals surface area contributed by atoms with Crippen LogP contribution in [-0.4, -0.2) is 38.0 Å². The number of benzene rings is 2. The largest absolute Gasteiger partial charge is 0.496 e. The van der Waals surface area contributed by atoms with E-state index in [1.807, 2.05) is 26.0 Å². The second-order valence-electron chi connectivity index (χ2n) is 6.23. The molecule has 2 amide bonds. The smallest absolute Gasteiger partial charge is 0.308 e. The molecule has 0 bridgehead atoms. The summed E-state index contributed by atoms with van der Waals surface area (Å²) < 4.78 is 10.1. The van der Waals surface area contributed by atoms with Crippen LogP contribution in [0.3, 0.4) is 0 Å². The summed E-state index contributed by atoms with van der Waals surface area (Å²) in [5.41, 5.74) is 3.08. The average molecular weight is 384 g/mol. The van der Waals surface area contributed by atoms with Gasteiger partial charge < -0.3 is 20.1 Å². The third kappa shape index (κ3) is 6.12. The number of amides is 2. The summed E-state index contributed by atoms with van der Waals surface area (Å²) in [6.07, 6.45) is -0.0439. The fraction of sp³-hybridized carbons (Fsp3) is 0.286. The molecule has 0 aliphatic heterocycles. The van der Waals surface area contributed by atoms with Crippen LogP contribution in [0.5, 0.6) is 5.75 Å². The Bertz CT molecular complexity index is 864. The lowest BCUT2D eigenvalue weighted by Crippen LogP contribution is -2.28. The molecule has 0 radical (unpaired) electrons. The molecule has 7 heteroatoms. The lowest BCUT2D eigenvalue weighted by Gasteiger charge is -2.10. The standard InChI is InChI=1S/C21H24N2O5/c1-14-8-9-17(15(2)12-14)23-19(24)13-28-20(25)10-11-22-21(26)16-6-4-5-7-18(16)27-3/h4-9,12H,10-11,13H2,1-3H3,(H,22,26)(H,23,24). The number of esters is 1. The molecule has 2 aromatic rings. The number of carbonyl (C=O) groups is 3. The highest BCUT2D eigenvalue weighted by Crippen LogP contribution is 2.17. The van der Waals surface area contributed by atoms with Crippen molar-refractivity contribution in [3.8, 4) is 5.75 Å². The van der Waals surface area contributed by atoms with Crippen molar-refractivity contribution in [1.82, 2.24) is 5.32 Å². The van der Waals surface area contributed by atoms with E-state index in [2.05, 4.69) is 10.6 Å². The van der Waals surface area contributed by atoms with Crippen LogP contribution in [0.2, 0.25) is 0 Å². The Kier molecular flexibility index (Phi) is 7.56. The highest BCUT2D eigenvalue weighted by atomic mass is 16.5. The zero-order valence-electron chi connectivity index (χ0n) is 16.2. The summed E-state index contributed by atoms with van der Waals surface area (Å²) in [5, 5.41) is 5.33. The van der Waals surface area contributed by atoms with Crippen molar-refractivity contribution in [3.63, 3.8) is 0 Å². The van der Waals surface area contributed by atoms with E-state index in [1.165, 1.54) is 7.11 Å². The second kappa shape index (κ2) is 10.1. The molecule has 0 heterocycles. The predicted octanol–water partition coefficient (Wildman–Crippen LogP) is 2.61. The molecule has 7 nitrogen and oxygen atoms in total. The third-order valence-electron chi connectivity index (χ3n) is 3.99. The molecule has 0 aromatic heterocycles. The third-order valence-corrected chi connectivity index (χ3v) is 3.99. The van der Waals surface area contributed by atoms with E-state index in [0.717, 1.165) is 11.1 Å². The minimum absolute atomic E-state index is 0.0439. The van der Waals surface area contributed by atoms with Gasteiger partial charge in [0.15, 0.2) is 6.61 Å². The molecule has 0 spiro atoms. The van der Waals surface area contributed by atoms with Crippen molar-refractivity contribution >= 4 is 23.5 Å². The molecule has 0 saturated carbocycles. The first-order valence-electron chi connectivity index (χ1n) is 8.84.